The molecule has 1 aromatic carbocycles. The van der Waals surface area contributed by atoms with Crippen molar-refractivity contribution in [3.63, 3.8) is 0 Å². The second-order valence-corrected chi connectivity index (χ2v) is 4.69. The van der Waals surface area contributed by atoms with E-state index in [4.69, 9.17) is 5.73 Å². The Bertz CT molecular complexity index is 631. The van der Waals surface area contributed by atoms with Crippen LogP contribution in [0.3, 0.4) is 0 Å². The fraction of sp³-hybridized carbons (Fsp3) is 0.286. The highest BCUT2D eigenvalue weighted by Gasteiger charge is 2.13. The lowest BCUT2D eigenvalue weighted by molar-refractivity contribution is -0.119. The molecule has 1 atom stereocenters. The molecule has 19 heavy (non-hydrogen) atoms. The molecule has 0 saturated heterocycles. The second kappa shape index (κ2) is 5.14. The van der Waals surface area contributed by atoms with Gasteiger partial charge in [-0.2, -0.15) is 0 Å². The average Bonchev–Trinajstić information content (AvgIpc) is 2.67. The fourth-order valence-corrected chi connectivity index (χ4v) is 2.32. The molecule has 100 valence electrons. The number of para-hydroxylation sites is 1. The Morgan fingerprint density at radius 1 is 1.37 bits per heavy atom. The molecule has 5 nitrogen and oxygen atoms in total. The first-order valence-corrected chi connectivity index (χ1v) is 6.15. The first kappa shape index (κ1) is 13.1. The number of nitrogens with one attached hydrogen (secondary N) is 1. The van der Waals surface area contributed by atoms with Gasteiger partial charge in [-0.15, -0.1) is 0 Å². The van der Waals surface area contributed by atoms with Crippen LogP contribution < -0.4 is 11.1 Å². The van der Waals surface area contributed by atoms with Crippen molar-refractivity contribution in [1.29, 1.82) is 0 Å². The summed E-state index contributed by atoms with van der Waals surface area (Å²) < 4.78 is 1.44. The van der Waals surface area contributed by atoms with Crippen molar-refractivity contribution in [2.75, 3.05) is 0 Å². The van der Waals surface area contributed by atoms with E-state index in [0.717, 1.165) is 16.5 Å². The number of carbonyl (C=O) groups excluding carboxylic acids is 2. The van der Waals surface area contributed by atoms with Crippen LogP contribution in [0.4, 0.5) is 4.79 Å². The van der Waals surface area contributed by atoms with E-state index >= 15 is 0 Å². The van der Waals surface area contributed by atoms with Gasteiger partial charge in [-0.05, 0) is 25.0 Å². The summed E-state index contributed by atoms with van der Waals surface area (Å²) in [6.45, 7) is 3.42. The Morgan fingerprint density at radius 2 is 2.05 bits per heavy atom. The third-order valence-electron chi connectivity index (χ3n) is 3.01. The largest absolute Gasteiger partial charge is 0.354 e. The highest BCUT2D eigenvalue weighted by molar-refractivity contribution is 5.93. The summed E-state index contributed by atoms with van der Waals surface area (Å²) in [7, 11) is 0. The Morgan fingerprint density at radius 3 is 2.68 bits per heavy atom. The number of rotatable bonds is 3. The van der Waals surface area contributed by atoms with Crippen LogP contribution in [0.25, 0.3) is 10.9 Å². The van der Waals surface area contributed by atoms with Crippen molar-refractivity contribution in [1.82, 2.24) is 9.88 Å². The number of benzene rings is 1. The van der Waals surface area contributed by atoms with Gasteiger partial charge in [0.05, 0.1) is 5.52 Å². The van der Waals surface area contributed by atoms with Gasteiger partial charge in [0.2, 0.25) is 5.91 Å². The number of nitrogens with zero attached hydrogens (tertiary/aromatic N) is 1. The molecule has 0 saturated carbocycles. The third kappa shape index (κ3) is 2.76. The molecule has 0 spiro atoms. The van der Waals surface area contributed by atoms with Gasteiger partial charge >= 0.3 is 6.03 Å². The first-order chi connectivity index (χ1) is 8.99. The van der Waals surface area contributed by atoms with Gasteiger partial charge < -0.3 is 11.1 Å². The van der Waals surface area contributed by atoms with Gasteiger partial charge in [0, 0.05) is 24.5 Å². The Labute approximate surface area is 111 Å². The lowest BCUT2D eigenvalue weighted by Crippen LogP contribution is -2.32. The molecule has 3 N–H and O–H groups in total. The minimum Gasteiger partial charge on any atom is -0.354 e. The van der Waals surface area contributed by atoms with Crippen molar-refractivity contribution in [2.24, 2.45) is 5.73 Å². The normalized spacial score (nSPS) is 12.3. The minimum atomic E-state index is -0.505. The summed E-state index contributed by atoms with van der Waals surface area (Å²) in [6.07, 6.45) is 2.39. The number of fused-ring (bicyclic) bond motifs is 1. The smallest absolute Gasteiger partial charge is 0.323 e. The molecule has 0 radical (unpaired) electrons. The minimum absolute atomic E-state index is 0.00429. The Kier molecular flexibility index (Phi) is 3.55. The van der Waals surface area contributed by atoms with Gasteiger partial charge in [0.25, 0.3) is 0 Å². The Balaban J connectivity index is 2.38. The van der Waals surface area contributed by atoms with Crippen LogP contribution in [-0.2, 0) is 11.2 Å². The molecular weight excluding hydrogens is 242 g/mol. The highest BCUT2D eigenvalue weighted by atomic mass is 16.2. The molecule has 2 aromatic rings. The molecule has 0 aliphatic rings. The molecule has 2 rings (SSSR count). The van der Waals surface area contributed by atoms with E-state index in [1.807, 2.05) is 31.2 Å². The van der Waals surface area contributed by atoms with E-state index in [1.54, 1.807) is 6.20 Å². The van der Waals surface area contributed by atoms with Crippen molar-refractivity contribution < 1.29 is 9.59 Å². The lowest BCUT2D eigenvalue weighted by atomic mass is 10.1. The van der Waals surface area contributed by atoms with E-state index in [2.05, 4.69) is 5.32 Å². The average molecular weight is 259 g/mol. The van der Waals surface area contributed by atoms with Gasteiger partial charge in [-0.25, -0.2) is 4.79 Å². The topological polar surface area (TPSA) is 77.1 Å². The fourth-order valence-electron chi connectivity index (χ4n) is 2.32. The van der Waals surface area contributed by atoms with Crippen molar-refractivity contribution in [2.45, 2.75) is 26.3 Å². The summed E-state index contributed by atoms with van der Waals surface area (Å²) in [5.74, 6) is -0.0638. The number of hydrogen-bond donors (Lipinski definition) is 2. The number of amides is 2. The summed E-state index contributed by atoms with van der Waals surface area (Å²) in [5, 5.41) is 3.81. The molecule has 0 aliphatic heterocycles. The van der Waals surface area contributed by atoms with Crippen LogP contribution >= 0.6 is 0 Å². The maximum absolute atomic E-state index is 11.4. The van der Waals surface area contributed by atoms with Crippen molar-refractivity contribution in [3.05, 3.63) is 36.0 Å². The van der Waals surface area contributed by atoms with Crippen LogP contribution in [-0.4, -0.2) is 22.5 Å². The molecule has 0 unspecified atom stereocenters. The van der Waals surface area contributed by atoms with E-state index < -0.39 is 6.03 Å². The standard InChI is InChI=1S/C14H17N3O2/c1-9(16-10(2)18)7-11-8-17(14(15)19)13-6-4-3-5-12(11)13/h3-6,8-9H,7H2,1-2H3,(H2,15,19)(H,16,18)/t9-/m1/s1. The molecular formula is C14H17N3O2. The molecule has 1 heterocycles. The predicted molar refractivity (Wildman–Crippen MR) is 73.9 cm³/mol. The number of nitrogens with two attached hydrogens (primary N) is 1. The van der Waals surface area contributed by atoms with E-state index in [-0.39, 0.29) is 11.9 Å². The summed E-state index contributed by atoms with van der Waals surface area (Å²) >= 11 is 0. The Hall–Kier alpha value is -2.30. The molecule has 0 bridgehead atoms. The maximum Gasteiger partial charge on any atom is 0.323 e. The number of carbonyl (C=O) groups is 2. The zero-order valence-corrected chi connectivity index (χ0v) is 11.0. The highest BCUT2D eigenvalue weighted by Crippen LogP contribution is 2.22. The van der Waals surface area contributed by atoms with Gasteiger partial charge in [0.1, 0.15) is 0 Å². The predicted octanol–water partition coefficient (Wildman–Crippen LogP) is 1.64. The van der Waals surface area contributed by atoms with Crippen LogP contribution in [0.1, 0.15) is 19.4 Å². The molecule has 5 heteroatoms. The van der Waals surface area contributed by atoms with Crippen LogP contribution in [0.15, 0.2) is 30.5 Å². The third-order valence-corrected chi connectivity index (χ3v) is 3.01. The molecule has 1 aromatic heterocycles. The SMILES string of the molecule is CC(=O)N[C@H](C)Cc1cn(C(N)=O)c2ccccc12. The zero-order valence-electron chi connectivity index (χ0n) is 11.0. The number of hydrogen-bond acceptors (Lipinski definition) is 2. The quantitative estimate of drug-likeness (QED) is 0.879. The van der Waals surface area contributed by atoms with Gasteiger partial charge in [0.15, 0.2) is 0 Å². The second-order valence-electron chi connectivity index (χ2n) is 4.69. The van der Waals surface area contributed by atoms with E-state index in [0.29, 0.717) is 6.42 Å². The summed E-state index contributed by atoms with van der Waals surface area (Å²) in [4.78, 5) is 22.4. The lowest BCUT2D eigenvalue weighted by Gasteiger charge is -2.11. The maximum atomic E-state index is 11.4. The number of primary amides is 1. The van der Waals surface area contributed by atoms with E-state index in [9.17, 15) is 9.59 Å². The zero-order chi connectivity index (χ0) is 14.0. The van der Waals surface area contributed by atoms with Crippen molar-refractivity contribution >= 4 is 22.8 Å². The van der Waals surface area contributed by atoms with Gasteiger partial charge in [-0.3, -0.25) is 9.36 Å². The van der Waals surface area contributed by atoms with E-state index in [1.165, 1.54) is 11.5 Å². The van der Waals surface area contributed by atoms with Crippen molar-refractivity contribution in [3.8, 4) is 0 Å². The van der Waals surface area contributed by atoms with Gasteiger partial charge in [-0.1, -0.05) is 18.2 Å². The van der Waals surface area contributed by atoms with Crippen LogP contribution in [0.5, 0.6) is 0 Å². The van der Waals surface area contributed by atoms with Crippen LogP contribution in [0, 0.1) is 0 Å². The van der Waals surface area contributed by atoms with Crippen LogP contribution in [0.2, 0.25) is 0 Å². The molecule has 0 aliphatic carbocycles. The monoisotopic (exact) mass is 259 g/mol. The molecule has 0 fully saturated rings. The molecule has 2 amide bonds. The number of aromatic nitrogens is 1. The summed E-state index contributed by atoms with van der Waals surface area (Å²) in [5.41, 5.74) is 7.15. The summed E-state index contributed by atoms with van der Waals surface area (Å²) in [6, 6.07) is 7.08. The first-order valence-electron chi connectivity index (χ1n) is 6.15.